The van der Waals surface area contributed by atoms with Crippen LogP contribution in [0.4, 0.5) is 0 Å². The monoisotopic (exact) mass is 172 g/mol. The Morgan fingerprint density at radius 2 is 1.92 bits per heavy atom. The average molecular weight is 172 g/mol. The molecular formula is C12H12O. The van der Waals surface area contributed by atoms with E-state index in [1.165, 1.54) is 5.56 Å². The molecular weight excluding hydrogens is 160 g/mol. The predicted octanol–water partition coefficient (Wildman–Crippen LogP) is 2.56. The molecule has 13 heavy (non-hydrogen) atoms. The molecule has 0 radical (unpaired) electrons. The highest BCUT2D eigenvalue weighted by Gasteiger charge is 2.28. The third-order valence-electron chi connectivity index (χ3n) is 2.58. The Morgan fingerprint density at radius 3 is 2.62 bits per heavy atom. The number of benzene rings is 1. The van der Waals surface area contributed by atoms with Crippen molar-refractivity contribution in [1.82, 2.24) is 0 Å². The van der Waals surface area contributed by atoms with Crippen LogP contribution in [0.3, 0.4) is 0 Å². The van der Waals surface area contributed by atoms with E-state index in [1.807, 2.05) is 24.3 Å². The molecule has 1 aromatic rings. The molecule has 0 aromatic heterocycles. The van der Waals surface area contributed by atoms with Gasteiger partial charge in [-0.05, 0) is 11.1 Å². The predicted molar refractivity (Wildman–Crippen MR) is 53.5 cm³/mol. The first-order valence-electron chi connectivity index (χ1n) is 4.43. The number of carbonyl (C=O) groups is 1. The summed E-state index contributed by atoms with van der Waals surface area (Å²) in [6.07, 6.45) is 2.97. The molecule has 1 aromatic carbocycles. The van der Waals surface area contributed by atoms with Crippen molar-refractivity contribution in [1.29, 1.82) is 0 Å². The SMILES string of the molecule is CC1(C)C=C(C=O)c2ccccc21. The Labute approximate surface area is 78.1 Å². The largest absolute Gasteiger partial charge is 0.298 e. The van der Waals surface area contributed by atoms with Gasteiger partial charge in [-0.1, -0.05) is 44.2 Å². The molecule has 1 heteroatoms. The van der Waals surface area contributed by atoms with E-state index in [2.05, 4.69) is 19.9 Å². The second kappa shape index (κ2) is 2.56. The lowest BCUT2D eigenvalue weighted by Crippen LogP contribution is -2.10. The first kappa shape index (κ1) is 8.24. The van der Waals surface area contributed by atoms with Crippen molar-refractivity contribution >= 4 is 11.9 Å². The summed E-state index contributed by atoms with van der Waals surface area (Å²) < 4.78 is 0. The highest BCUT2D eigenvalue weighted by atomic mass is 16.1. The summed E-state index contributed by atoms with van der Waals surface area (Å²) in [6.45, 7) is 4.25. The smallest absolute Gasteiger partial charge is 0.150 e. The summed E-state index contributed by atoms with van der Waals surface area (Å²) in [5, 5.41) is 0. The van der Waals surface area contributed by atoms with Crippen molar-refractivity contribution in [2.45, 2.75) is 19.3 Å². The molecule has 0 N–H and O–H groups in total. The van der Waals surface area contributed by atoms with Crippen molar-refractivity contribution in [3.05, 3.63) is 41.5 Å². The summed E-state index contributed by atoms with van der Waals surface area (Å²) >= 11 is 0. The highest BCUT2D eigenvalue weighted by Crippen LogP contribution is 2.38. The Morgan fingerprint density at radius 1 is 1.23 bits per heavy atom. The highest BCUT2D eigenvalue weighted by molar-refractivity contribution is 6.09. The van der Waals surface area contributed by atoms with Crippen LogP contribution in [0.1, 0.15) is 25.0 Å². The molecule has 1 aliphatic rings. The number of rotatable bonds is 1. The normalized spacial score (nSPS) is 17.8. The molecule has 0 spiro atoms. The van der Waals surface area contributed by atoms with Gasteiger partial charge < -0.3 is 0 Å². The third kappa shape index (κ3) is 1.12. The molecule has 0 atom stereocenters. The quantitative estimate of drug-likeness (QED) is 0.595. The number of aldehydes is 1. The molecule has 0 amide bonds. The van der Waals surface area contributed by atoms with Crippen LogP contribution in [0.25, 0.3) is 5.57 Å². The van der Waals surface area contributed by atoms with Crippen molar-refractivity contribution in [2.75, 3.05) is 0 Å². The fourth-order valence-corrected chi connectivity index (χ4v) is 1.94. The van der Waals surface area contributed by atoms with Crippen LogP contribution >= 0.6 is 0 Å². The topological polar surface area (TPSA) is 17.1 Å². The summed E-state index contributed by atoms with van der Waals surface area (Å²) in [6, 6.07) is 8.08. The lowest BCUT2D eigenvalue weighted by atomic mass is 9.87. The maximum absolute atomic E-state index is 10.8. The fourth-order valence-electron chi connectivity index (χ4n) is 1.94. The Hall–Kier alpha value is -1.37. The van der Waals surface area contributed by atoms with Gasteiger partial charge in [0.15, 0.2) is 0 Å². The zero-order valence-electron chi connectivity index (χ0n) is 7.87. The standard InChI is InChI=1S/C12H12O/c1-12(2)7-9(8-13)10-5-3-4-6-11(10)12/h3-8H,1-2H3. The van der Waals surface area contributed by atoms with Crippen molar-refractivity contribution < 1.29 is 4.79 Å². The Bertz CT molecular complexity index is 386. The zero-order chi connectivity index (χ0) is 9.47. The summed E-state index contributed by atoms with van der Waals surface area (Å²) in [5.74, 6) is 0. The van der Waals surface area contributed by atoms with Gasteiger partial charge >= 0.3 is 0 Å². The zero-order valence-corrected chi connectivity index (χ0v) is 7.87. The van der Waals surface area contributed by atoms with E-state index < -0.39 is 0 Å². The summed E-state index contributed by atoms with van der Waals surface area (Å²) in [7, 11) is 0. The average Bonchev–Trinajstić information content (AvgIpc) is 2.39. The van der Waals surface area contributed by atoms with Gasteiger partial charge in [0.2, 0.25) is 0 Å². The number of hydrogen-bond acceptors (Lipinski definition) is 1. The first-order valence-corrected chi connectivity index (χ1v) is 4.43. The molecule has 2 rings (SSSR count). The van der Waals surface area contributed by atoms with Gasteiger partial charge in [-0.3, -0.25) is 4.79 Å². The van der Waals surface area contributed by atoms with Crippen molar-refractivity contribution in [3.63, 3.8) is 0 Å². The number of fused-ring (bicyclic) bond motifs is 1. The molecule has 1 nitrogen and oxygen atoms in total. The Balaban J connectivity index is 2.67. The third-order valence-corrected chi connectivity index (χ3v) is 2.58. The van der Waals surface area contributed by atoms with E-state index in [9.17, 15) is 4.79 Å². The molecule has 0 saturated carbocycles. The molecule has 1 aliphatic carbocycles. The van der Waals surface area contributed by atoms with Gasteiger partial charge in [0.25, 0.3) is 0 Å². The first-order chi connectivity index (χ1) is 6.15. The minimum absolute atomic E-state index is 0.00678. The van der Waals surface area contributed by atoms with E-state index in [1.54, 1.807) is 0 Å². The summed E-state index contributed by atoms with van der Waals surface area (Å²) in [5.41, 5.74) is 3.16. The number of allylic oxidation sites excluding steroid dienone is 2. The maximum Gasteiger partial charge on any atom is 0.150 e. The number of carbonyl (C=O) groups excluding carboxylic acids is 1. The molecule has 0 fully saturated rings. The lowest BCUT2D eigenvalue weighted by Gasteiger charge is -2.16. The van der Waals surface area contributed by atoms with E-state index in [-0.39, 0.29) is 5.41 Å². The van der Waals surface area contributed by atoms with E-state index in [0.717, 1.165) is 17.4 Å². The van der Waals surface area contributed by atoms with Crippen LogP contribution in [0.2, 0.25) is 0 Å². The molecule has 66 valence electrons. The van der Waals surface area contributed by atoms with Crippen LogP contribution in [-0.2, 0) is 10.2 Å². The van der Waals surface area contributed by atoms with Gasteiger partial charge in [-0.25, -0.2) is 0 Å². The molecule has 0 saturated heterocycles. The molecule has 0 heterocycles. The van der Waals surface area contributed by atoms with Gasteiger partial charge in [-0.2, -0.15) is 0 Å². The van der Waals surface area contributed by atoms with Crippen LogP contribution < -0.4 is 0 Å². The number of hydrogen-bond donors (Lipinski definition) is 0. The van der Waals surface area contributed by atoms with Crippen LogP contribution in [-0.4, -0.2) is 6.29 Å². The van der Waals surface area contributed by atoms with Crippen LogP contribution in [0, 0.1) is 0 Å². The van der Waals surface area contributed by atoms with Gasteiger partial charge in [0.1, 0.15) is 6.29 Å². The molecule has 0 bridgehead atoms. The maximum atomic E-state index is 10.8. The second-order valence-electron chi connectivity index (χ2n) is 3.98. The van der Waals surface area contributed by atoms with Gasteiger partial charge in [-0.15, -0.1) is 0 Å². The van der Waals surface area contributed by atoms with Crippen molar-refractivity contribution in [3.8, 4) is 0 Å². The second-order valence-corrected chi connectivity index (χ2v) is 3.98. The molecule has 0 unspecified atom stereocenters. The van der Waals surface area contributed by atoms with E-state index in [0.29, 0.717) is 0 Å². The van der Waals surface area contributed by atoms with Crippen molar-refractivity contribution in [2.24, 2.45) is 0 Å². The van der Waals surface area contributed by atoms with Crippen LogP contribution in [0.5, 0.6) is 0 Å². The summed E-state index contributed by atoms with van der Waals surface area (Å²) in [4.78, 5) is 10.8. The van der Waals surface area contributed by atoms with Gasteiger partial charge in [0, 0.05) is 11.0 Å². The minimum atomic E-state index is 0.00678. The Kier molecular flexibility index (Phi) is 1.62. The van der Waals surface area contributed by atoms with Gasteiger partial charge in [0.05, 0.1) is 0 Å². The van der Waals surface area contributed by atoms with Crippen LogP contribution in [0.15, 0.2) is 30.3 Å². The minimum Gasteiger partial charge on any atom is -0.298 e. The fraction of sp³-hybridized carbons (Fsp3) is 0.250. The lowest BCUT2D eigenvalue weighted by molar-refractivity contribution is -0.103. The molecule has 0 aliphatic heterocycles. The van der Waals surface area contributed by atoms with E-state index in [4.69, 9.17) is 0 Å². The van der Waals surface area contributed by atoms with E-state index >= 15 is 0 Å².